The third-order valence-corrected chi connectivity index (χ3v) is 4.19. The van der Waals surface area contributed by atoms with Gasteiger partial charge in [0.2, 0.25) is 0 Å². The largest absolute Gasteiger partial charge is 0.381 e. The summed E-state index contributed by atoms with van der Waals surface area (Å²) in [6, 6.07) is 3.29. The molecule has 0 aromatic carbocycles. The molecule has 2 rings (SSSR count). The van der Waals surface area contributed by atoms with Gasteiger partial charge in [-0.3, -0.25) is 0 Å². The molecule has 90 valence electrons. The Morgan fingerprint density at radius 3 is 3.06 bits per heavy atom. The average molecular weight is 239 g/mol. The Kier molecular flexibility index (Phi) is 4.38. The summed E-state index contributed by atoms with van der Waals surface area (Å²) in [5.74, 6) is 0. The van der Waals surface area contributed by atoms with Crippen molar-refractivity contribution in [2.75, 3.05) is 7.11 Å². The number of nitrogens with one attached hydrogen (secondary N) is 1. The second-order valence-electron chi connectivity index (χ2n) is 4.67. The summed E-state index contributed by atoms with van der Waals surface area (Å²) in [6.45, 7) is 2.25. The number of thiophene rings is 1. The SMILES string of the molecule is COC1CCCC(NC(C)c2ccsc2)C1. The van der Waals surface area contributed by atoms with Crippen LogP contribution in [0.5, 0.6) is 0 Å². The molecule has 3 heteroatoms. The van der Waals surface area contributed by atoms with Gasteiger partial charge in [-0.1, -0.05) is 0 Å². The van der Waals surface area contributed by atoms with Gasteiger partial charge in [0.15, 0.2) is 0 Å². The third-order valence-electron chi connectivity index (χ3n) is 3.49. The highest BCUT2D eigenvalue weighted by atomic mass is 32.1. The predicted molar refractivity (Wildman–Crippen MR) is 68.9 cm³/mol. The van der Waals surface area contributed by atoms with Crippen LogP contribution in [0.15, 0.2) is 16.8 Å². The van der Waals surface area contributed by atoms with Crippen LogP contribution in [0.4, 0.5) is 0 Å². The number of methoxy groups -OCH3 is 1. The number of ether oxygens (including phenoxy) is 1. The van der Waals surface area contributed by atoms with E-state index in [0.717, 1.165) is 6.42 Å². The van der Waals surface area contributed by atoms with E-state index in [1.807, 2.05) is 7.11 Å². The molecule has 0 bridgehead atoms. The van der Waals surface area contributed by atoms with E-state index < -0.39 is 0 Å². The fourth-order valence-corrected chi connectivity index (χ4v) is 3.24. The molecule has 0 radical (unpaired) electrons. The fraction of sp³-hybridized carbons (Fsp3) is 0.692. The molecule has 1 aromatic heterocycles. The quantitative estimate of drug-likeness (QED) is 0.870. The van der Waals surface area contributed by atoms with Crippen LogP contribution in [-0.2, 0) is 4.74 Å². The summed E-state index contributed by atoms with van der Waals surface area (Å²) >= 11 is 1.77. The highest BCUT2D eigenvalue weighted by Gasteiger charge is 2.22. The zero-order valence-electron chi connectivity index (χ0n) is 10.1. The minimum absolute atomic E-state index is 0.459. The third kappa shape index (κ3) is 3.06. The molecule has 1 saturated carbocycles. The van der Waals surface area contributed by atoms with Gasteiger partial charge < -0.3 is 10.1 Å². The van der Waals surface area contributed by atoms with Gasteiger partial charge in [0, 0.05) is 19.2 Å². The van der Waals surface area contributed by atoms with Crippen LogP contribution in [0.2, 0.25) is 0 Å². The Morgan fingerprint density at radius 2 is 2.38 bits per heavy atom. The molecule has 2 nitrogen and oxygen atoms in total. The molecule has 1 heterocycles. The fourth-order valence-electron chi connectivity index (χ4n) is 2.48. The average Bonchev–Trinajstić information content (AvgIpc) is 2.83. The lowest BCUT2D eigenvalue weighted by molar-refractivity contribution is 0.0572. The summed E-state index contributed by atoms with van der Waals surface area (Å²) < 4.78 is 5.46. The van der Waals surface area contributed by atoms with E-state index in [9.17, 15) is 0 Å². The van der Waals surface area contributed by atoms with Crippen LogP contribution in [0, 0.1) is 0 Å². The second kappa shape index (κ2) is 5.80. The molecule has 1 aromatic rings. The van der Waals surface area contributed by atoms with Gasteiger partial charge in [0.1, 0.15) is 0 Å². The molecule has 1 N–H and O–H groups in total. The van der Waals surface area contributed by atoms with Crippen molar-refractivity contribution in [2.45, 2.75) is 50.8 Å². The van der Waals surface area contributed by atoms with E-state index in [4.69, 9.17) is 4.74 Å². The Bertz CT molecular complexity index is 299. The maximum absolute atomic E-state index is 5.46. The van der Waals surface area contributed by atoms with E-state index in [1.54, 1.807) is 11.3 Å². The van der Waals surface area contributed by atoms with Gasteiger partial charge in [0.05, 0.1) is 6.10 Å². The van der Waals surface area contributed by atoms with Crippen LogP contribution < -0.4 is 5.32 Å². The molecule has 1 aliphatic carbocycles. The van der Waals surface area contributed by atoms with Crippen molar-refractivity contribution in [3.8, 4) is 0 Å². The smallest absolute Gasteiger partial charge is 0.0586 e. The monoisotopic (exact) mass is 239 g/mol. The van der Waals surface area contributed by atoms with Crippen molar-refractivity contribution in [1.29, 1.82) is 0 Å². The van der Waals surface area contributed by atoms with Crippen molar-refractivity contribution in [2.24, 2.45) is 0 Å². The second-order valence-corrected chi connectivity index (χ2v) is 5.45. The first-order valence-electron chi connectivity index (χ1n) is 6.10. The molecule has 0 aliphatic heterocycles. The molecule has 0 amide bonds. The van der Waals surface area contributed by atoms with Crippen LogP contribution in [-0.4, -0.2) is 19.3 Å². The van der Waals surface area contributed by atoms with Crippen LogP contribution >= 0.6 is 11.3 Å². The van der Waals surface area contributed by atoms with Crippen molar-refractivity contribution in [3.05, 3.63) is 22.4 Å². The van der Waals surface area contributed by atoms with E-state index in [1.165, 1.54) is 24.8 Å². The molecule has 1 aliphatic rings. The molecule has 1 fully saturated rings. The van der Waals surface area contributed by atoms with Gasteiger partial charge in [0.25, 0.3) is 0 Å². The number of rotatable bonds is 4. The normalized spacial score (nSPS) is 27.9. The Labute approximate surface area is 102 Å². The predicted octanol–water partition coefficient (Wildman–Crippen LogP) is 3.36. The lowest BCUT2D eigenvalue weighted by Crippen LogP contribution is -2.37. The van der Waals surface area contributed by atoms with E-state index in [0.29, 0.717) is 18.2 Å². The minimum Gasteiger partial charge on any atom is -0.381 e. The minimum atomic E-state index is 0.459. The van der Waals surface area contributed by atoms with Gasteiger partial charge in [-0.05, 0) is 55.0 Å². The molecule has 16 heavy (non-hydrogen) atoms. The lowest BCUT2D eigenvalue weighted by Gasteiger charge is -2.31. The van der Waals surface area contributed by atoms with Crippen molar-refractivity contribution < 1.29 is 4.74 Å². The molecule has 0 spiro atoms. The Balaban J connectivity index is 1.84. The molecule has 3 unspecified atom stereocenters. The number of hydrogen-bond acceptors (Lipinski definition) is 3. The zero-order chi connectivity index (χ0) is 11.4. The van der Waals surface area contributed by atoms with E-state index in [2.05, 4.69) is 29.1 Å². The molecule has 0 saturated heterocycles. The Morgan fingerprint density at radius 1 is 1.50 bits per heavy atom. The summed E-state index contributed by atoms with van der Waals surface area (Å²) in [5, 5.41) is 8.09. The summed E-state index contributed by atoms with van der Waals surface area (Å²) in [6.07, 6.45) is 5.41. The summed E-state index contributed by atoms with van der Waals surface area (Å²) in [7, 11) is 1.83. The van der Waals surface area contributed by atoms with Crippen molar-refractivity contribution in [1.82, 2.24) is 5.32 Å². The van der Waals surface area contributed by atoms with Crippen molar-refractivity contribution in [3.63, 3.8) is 0 Å². The lowest BCUT2D eigenvalue weighted by atomic mass is 9.92. The Hall–Kier alpha value is -0.380. The maximum atomic E-state index is 5.46. The maximum Gasteiger partial charge on any atom is 0.0586 e. The first-order valence-corrected chi connectivity index (χ1v) is 7.05. The highest BCUT2D eigenvalue weighted by molar-refractivity contribution is 7.07. The highest BCUT2D eigenvalue weighted by Crippen LogP contribution is 2.24. The van der Waals surface area contributed by atoms with Gasteiger partial charge in [-0.15, -0.1) is 0 Å². The first-order chi connectivity index (χ1) is 7.79. The summed E-state index contributed by atoms with van der Waals surface area (Å²) in [4.78, 5) is 0. The van der Waals surface area contributed by atoms with Crippen molar-refractivity contribution >= 4 is 11.3 Å². The molecule has 3 atom stereocenters. The first kappa shape index (κ1) is 12.1. The van der Waals surface area contributed by atoms with E-state index >= 15 is 0 Å². The van der Waals surface area contributed by atoms with E-state index in [-0.39, 0.29) is 0 Å². The van der Waals surface area contributed by atoms with Crippen LogP contribution in [0.3, 0.4) is 0 Å². The van der Waals surface area contributed by atoms with Gasteiger partial charge in [-0.25, -0.2) is 0 Å². The van der Waals surface area contributed by atoms with Gasteiger partial charge >= 0.3 is 0 Å². The molecular weight excluding hydrogens is 218 g/mol. The topological polar surface area (TPSA) is 21.3 Å². The standard InChI is InChI=1S/C13H21NOS/c1-10(11-6-7-16-9-11)14-12-4-3-5-13(8-12)15-2/h6-7,9-10,12-14H,3-5,8H2,1-2H3. The van der Waals surface area contributed by atoms with Crippen LogP contribution in [0.1, 0.15) is 44.2 Å². The summed E-state index contributed by atoms with van der Waals surface area (Å²) in [5.41, 5.74) is 1.41. The molecular formula is C13H21NOS. The van der Waals surface area contributed by atoms with Crippen LogP contribution in [0.25, 0.3) is 0 Å². The number of hydrogen-bond donors (Lipinski definition) is 1. The zero-order valence-corrected chi connectivity index (χ0v) is 10.9. The van der Waals surface area contributed by atoms with Gasteiger partial charge in [-0.2, -0.15) is 11.3 Å².